The third-order valence-electron chi connectivity index (χ3n) is 6.13. The molecule has 198 valence electrons. The number of allylic oxidation sites excluding steroid dienone is 1. The molecule has 2 aromatic carbocycles. The number of carbonyl (C=O) groups excluding carboxylic acids is 1. The second kappa shape index (κ2) is 11.7. The molecule has 7 nitrogen and oxygen atoms in total. The number of esters is 1. The quantitative estimate of drug-likeness (QED) is 0.221. The van der Waals surface area contributed by atoms with Crippen molar-refractivity contribution in [3.63, 3.8) is 0 Å². The van der Waals surface area contributed by atoms with Gasteiger partial charge in [-0.3, -0.25) is 9.36 Å². The largest absolute Gasteiger partial charge is 0.493 e. The number of fused-ring (bicyclic) bond motifs is 1. The standard InChI is InChI=1S/C30H26N2O5S2/c1-4-14-36-23-13-12-21(16-24(23)35-3)27-26(29(34)37-18-20-9-6-5-7-10-20)19(2)31-30-32(27)28(33)25(39-30)17-22-11-8-15-38-22/h4-13,15-17,27H,1,14,18H2,2-3H3. The maximum atomic E-state index is 13.8. The van der Waals surface area contributed by atoms with Gasteiger partial charge in [-0.05, 0) is 47.7 Å². The van der Waals surface area contributed by atoms with Crippen LogP contribution < -0.4 is 24.4 Å². The summed E-state index contributed by atoms with van der Waals surface area (Å²) < 4.78 is 19.1. The summed E-state index contributed by atoms with van der Waals surface area (Å²) in [6.07, 6.45) is 3.50. The Morgan fingerprint density at radius 2 is 1.95 bits per heavy atom. The zero-order valence-corrected chi connectivity index (χ0v) is 23.1. The number of thiazole rings is 1. The fraction of sp³-hybridized carbons (Fsp3) is 0.167. The van der Waals surface area contributed by atoms with E-state index in [1.54, 1.807) is 48.1 Å². The van der Waals surface area contributed by atoms with Crippen molar-refractivity contribution in [1.29, 1.82) is 0 Å². The van der Waals surface area contributed by atoms with Crippen molar-refractivity contribution in [3.05, 3.63) is 126 Å². The minimum atomic E-state index is -0.766. The van der Waals surface area contributed by atoms with E-state index >= 15 is 0 Å². The Bertz CT molecular complexity index is 1720. The van der Waals surface area contributed by atoms with Crippen molar-refractivity contribution in [2.24, 2.45) is 4.99 Å². The van der Waals surface area contributed by atoms with E-state index in [-0.39, 0.29) is 12.2 Å². The first kappa shape index (κ1) is 26.4. The Labute approximate surface area is 233 Å². The van der Waals surface area contributed by atoms with E-state index < -0.39 is 12.0 Å². The first-order valence-electron chi connectivity index (χ1n) is 12.2. The molecule has 0 aliphatic carbocycles. The van der Waals surface area contributed by atoms with Crippen molar-refractivity contribution in [2.45, 2.75) is 19.6 Å². The third kappa shape index (κ3) is 5.50. The van der Waals surface area contributed by atoms with Gasteiger partial charge in [-0.1, -0.05) is 66.5 Å². The predicted octanol–water partition coefficient (Wildman–Crippen LogP) is 4.61. The zero-order chi connectivity index (χ0) is 27.4. The lowest BCUT2D eigenvalue weighted by atomic mass is 9.95. The minimum absolute atomic E-state index is 0.101. The summed E-state index contributed by atoms with van der Waals surface area (Å²) in [4.78, 5) is 33.5. The van der Waals surface area contributed by atoms with Crippen LogP contribution in [-0.2, 0) is 16.1 Å². The highest BCUT2D eigenvalue weighted by Crippen LogP contribution is 2.36. The van der Waals surface area contributed by atoms with Gasteiger partial charge in [-0.2, -0.15) is 0 Å². The first-order valence-corrected chi connectivity index (χ1v) is 13.9. The number of aromatic nitrogens is 1. The van der Waals surface area contributed by atoms with Crippen molar-refractivity contribution in [3.8, 4) is 11.5 Å². The van der Waals surface area contributed by atoms with E-state index in [9.17, 15) is 9.59 Å². The molecule has 0 spiro atoms. The molecule has 2 aromatic heterocycles. The van der Waals surface area contributed by atoms with Gasteiger partial charge in [0.2, 0.25) is 0 Å². The molecule has 1 aliphatic heterocycles. The number of thiophene rings is 1. The maximum absolute atomic E-state index is 13.8. The second-order valence-corrected chi connectivity index (χ2v) is 10.7. The molecule has 1 unspecified atom stereocenters. The Morgan fingerprint density at radius 1 is 1.13 bits per heavy atom. The lowest BCUT2D eigenvalue weighted by molar-refractivity contribution is -0.140. The molecule has 1 aliphatic rings. The molecule has 9 heteroatoms. The van der Waals surface area contributed by atoms with Crippen LogP contribution in [-0.4, -0.2) is 24.3 Å². The van der Waals surface area contributed by atoms with Gasteiger partial charge < -0.3 is 14.2 Å². The van der Waals surface area contributed by atoms with Gasteiger partial charge in [0.15, 0.2) is 16.3 Å². The summed E-state index contributed by atoms with van der Waals surface area (Å²) in [6.45, 7) is 5.87. The number of benzene rings is 2. The molecule has 0 saturated heterocycles. The first-order chi connectivity index (χ1) is 19.0. The molecule has 4 aromatic rings. The van der Waals surface area contributed by atoms with Crippen LogP contribution in [0.15, 0.2) is 99.8 Å². The summed E-state index contributed by atoms with van der Waals surface area (Å²) in [5.74, 6) is 0.463. The lowest BCUT2D eigenvalue weighted by Crippen LogP contribution is -2.39. The Morgan fingerprint density at radius 3 is 2.67 bits per heavy atom. The molecule has 39 heavy (non-hydrogen) atoms. The number of carbonyl (C=O) groups is 1. The Balaban J connectivity index is 1.63. The molecule has 0 N–H and O–H groups in total. The molecule has 3 heterocycles. The molecule has 5 rings (SSSR count). The summed E-state index contributed by atoms with van der Waals surface area (Å²) in [5, 5.41) is 1.96. The van der Waals surface area contributed by atoms with E-state index in [1.807, 2.05) is 60.0 Å². The van der Waals surface area contributed by atoms with Crippen molar-refractivity contribution < 1.29 is 19.0 Å². The average Bonchev–Trinajstić information content (AvgIpc) is 3.58. The summed E-state index contributed by atoms with van der Waals surface area (Å²) in [6, 6.07) is 17.9. The minimum Gasteiger partial charge on any atom is -0.493 e. The molecule has 1 atom stereocenters. The molecule has 0 radical (unpaired) electrons. The number of methoxy groups -OCH3 is 1. The van der Waals surface area contributed by atoms with Crippen molar-refractivity contribution in [1.82, 2.24) is 4.57 Å². The molecular weight excluding hydrogens is 532 g/mol. The van der Waals surface area contributed by atoms with Gasteiger partial charge in [-0.15, -0.1) is 11.3 Å². The van der Waals surface area contributed by atoms with Gasteiger partial charge in [-0.25, -0.2) is 9.79 Å². The number of nitrogens with zero attached hydrogens (tertiary/aromatic N) is 2. The number of ether oxygens (including phenoxy) is 3. The highest BCUT2D eigenvalue weighted by atomic mass is 32.1. The van der Waals surface area contributed by atoms with E-state index in [1.165, 1.54) is 11.3 Å². The summed E-state index contributed by atoms with van der Waals surface area (Å²) >= 11 is 2.84. The molecule has 0 saturated carbocycles. The number of hydrogen-bond acceptors (Lipinski definition) is 8. The smallest absolute Gasteiger partial charge is 0.338 e. The second-order valence-electron chi connectivity index (χ2n) is 8.67. The lowest BCUT2D eigenvalue weighted by Gasteiger charge is -2.25. The van der Waals surface area contributed by atoms with Crippen molar-refractivity contribution in [2.75, 3.05) is 13.7 Å². The monoisotopic (exact) mass is 558 g/mol. The van der Waals surface area contributed by atoms with Crippen LogP contribution in [0.3, 0.4) is 0 Å². The van der Waals surface area contributed by atoms with Crippen LogP contribution in [0.5, 0.6) is 11.5 Å². The molecule has 0 amide bonds. The zero-order valence-electron chi connectivity index (χ0n) is 21.5. The normalized spacial score (nSPS) is 14.9. The fourth-order valence-electron chi connectivity index (χ4n) is 4.32. The average molecular weight is 559 g/mol. The van der Waals surface area contributed by atoms with Crippen LogP contribution in [0.25, 0.3) is 6.08 Å². The van der Waals surface area contributed by atoms with Crippen LogP contribution in [0.1, 0.15) is 29.0 Å². The summed E-state index contributed by atoms with van der Waals surface area (Å²) in [5.41, 5.74) is 2.09. The van der Waals surface area contributed by atoms with E-state index in [0.29, 0.717) is 44.3 Å². The van der Waals surface area contributed by atoms with Gasteiger partial charge >= 0.3 is 5.97 Å². The predicted molar refractivity (Wildman–Crippen MR) is 153 cm³/mol. The highest BCUT2D eigenvalue weighted by molar-refractivity contribution is 7.11. The van der Waals surface area contributed by atoms with E-state index in [0.717, 1.165) is 10.4 Å². The number of hydrogen-bond donors (Lipinski definition) is 0. The Kier molecular flexibility index (Phi) is 7.90. The van der Waals surface area contributed by atoms with Crippen LogP contribution in [0.4, 0.5) is 0 Å². The van der Waals surface area contributed by atoms with E-state index in [2.05, 4.69) is 11.6 Å². The summed E-state index contributed by atoms with van der Waals surface area (Å²) in [7, 11) is 1.54. The van der Waals surface area contributed by atoms with Gasteiger partial charge in [0.1, 0.15) is 13.2 Å². The number of rotatable bonds is 9. The van der Waals surface area contributed by atoms with Crippen LogP contribution in [0, 0.1) is 0 Å². The van der Waals surface area contributed by atoms with Gasteiger partial charge in [0.25, 0.3) is 5.56 Å². The van der Waals surface area contributed by atoms with Gasteiger partial charge in [0.05, 0.1) is 29.0 Å². The van der Waals surface area contributed by atoms with E-state index in [4.69, 9.17) is 14.2 Å². The topological polar surface area (TPSA) is 79.1 Å². The fourth-order valence-corrected chi connectivity index (χ4v) is 6.09. The Hall–Kier alpha value is -4.21. The molecular formula is C30H26N2O5S2. The molecule has 0 bridgehead atoms. The van der Waals surface area contributed by atoms with Crippen LogP contribution in [0.2, 0.25) is 0 Å². The SMILES string of the molecule is C=CCOc1ccc(C2C(C(=O)OCc3ccccc3)=C(C)N=c3sc(=Cc4cccs4)c(=O)n32)cc1OC. The maximum Gasteiger partial charge on any atom is 0.338 e. The van der Waals surface area contributed by atoms with Crippen LogP contribution >= 0.6 is 22.7 Å². The molecule has 0 fully saturated rings. The van der Waals surface area contributed by atoms with Gasteiger partial charge in [0, 0.05) is 4.88 Å². The van der Waals surface area contributed by atoms with Crippen molar-refractivity contribution >= 4 is 34.7 Å². The highest BCUT2D eigenvalue weighted by Gasteiger charge is 2.34. The third-order valence-corrected chi connectivity index (χ3v) is 7.93.